The Morgan fingerprint density at radius 1 is 1.50 bits per heavy atom. The van der Waals surface area contributed by atoms with E-state index in [1.54, 1.807) is 0 Å². The van der Waals surface area contributed by atoms with Gasteiger partial charge in [0.05, 0.1) is 30.7 Å². The van der Waals surface area contributed by atoms with Crippen molar-refractivity contribution in [2.75, 3.05) is 13.2 Å². The van der Waals surface area contributed by atoms with E-state index in [9.17, 15) is 4.79 Å². The lowest BCUT2D eigenvalue weighted by Crippen LogP contribution is -2.50. The first-order chi connectivity index (χ1) is 10.5. The third-order valence-electron chi connectivity index (χ3n) is 5.65. The monoisotopic (exact) mass is 304 g/mol. The molecule has 4 rings (SSSR count). The highest BCUT2D eigenvalue weighted by Gasteiger charge is 2.64. The summed E-state index contributed by atoms with van der Waals surface area (Å²) in [6.45, 7) is 6.84. The maximum atomic E-state index is 12.6. The molecule has 0 N–H and O–H groups in total. The molecular formula is C16H24N4O2. The number of aromatic nitrogens is 2. The predicted molar refractivity (Wildman–Crippen MR) is 80.8 cm³/mol. The second-order valence-electron chi connectivity index (χ2n) is 7.17. The Kier molecular flexibility index (Phi) is 3.10. The van der Waals surface area contributed by atoms with Gasteiger partial charge >= 0.3 is 0 Å². The van der Waals surface area contributed by atoms with Crippen molar-refractivity contribution in [1.29, 1.82) is 0 Å². The first-order valence-corrected chi connectivity index (χ1v) is 8.18. The molecule has 0 unspecified atom stereocenters. The van der Waals surface area contributed by atoms with E-state index in [2.05, 4.69) is 28.6 Å². The number of carbonyl (C=O) groups excluding carboxylic acids is 1. The molecule has 0 radical (unpaired) electrons. The van der Waals surface area contributed by atoms with Crippen LogP contribution in [0.1, 0.15) is 32.4 Å². The number of nitrogens with zero attached hydrogens (tertiary/aromatic N) is 4. The molecular weight excluding hydrogens is 280 g/mol. The van der Waals surface area contributed by atoms with Crippen molar-refractivity contribution in [2.24, 2.45) is 13.0 Å². The first-order valence-electron chi connectivity index (χ1n) is 8.18. The third kappa shape index (κ3) is 1.80. The Labute approximate surface area is 131 Å². The highest BCUT2D eigenvalue weighted by atomic mass is 16.5. The lowest BCUT2D eigenvalue weighted by molar-refractivity contribution is -0.139. The van der Waals surface area contributed by atoms with Gasteiger partial charge in [0.2, 0.25) is 5.91 Å². The largest absolute Gasteiger partial charge is 0.352 e. The van der Waals surface area contributed by atoms with Crippen LogP contribution in [0.25, 0.3) is 0 Å². The molecule has 1 spiro atoms. The number of rotatable bonds is 3. The van der Waals surface area contributed by atoms with Crippen LogP contribution in [0.4, 0.5) is 0 Å². The van der Waals surface area contributed by atoms with Crippen LogP contribution in [0, 0.1) is 5.92 Å². The Bertz CT molecular complexity index is 599. The van der Waals surface area contributed by atoms with E-state index >= 15 is 0 Å². The van der Waals surface area contributed by atoms with E-state index in [0.717, 1.165) is 19.5 Å². The van der Waals surface area contributed by atoms with E-state index < -0.39 is 0 Å². The van der Waals surface area contributed by atoms with Crippen LogP contribution in [-0.2, 0) is 23.1 Å². The maximum Gasteiger partial charge on any atom is 0.226 e. The van der Waals surface area contributed by atoms with Crippen LogP contribution in [0.3, 0.4) is 0 Å². The van der Waals surface area contributed by atoms with E-state index in [1.165, 1.54) is 5.69 Å². The van der Waals surface area contributed by atoms with E-state index in [1.807, 2.05) is 24.1 Å². The predicted octanol–water partition coefficient (Wildman–Crippen LogP) is 0.978. The molecule has 0 aliphatic carbocycles. The molecule has 1 aromatic heterocycles. The maximum absolute atomic E-state index is 12.6. The van der Waals surface area contributed by atoms with Crippen molar-refractivity contribution in [3.8, 4) is 0 Å². The highest BCUT2D eigenvalue weighted by Crippen LogP contribution is 2.49. The molecule has 22 heavy (non-hydrogen) atoms. The van der Waals surface area contributed by atoms with Crippen molar-refractivity contribution in [1.82, 2.24) is 19.4 Å². The summed E-state index contributed by atoms with van der Waals surface area (Å²) in [4.78, 5) is 21.3. The third-order valence-corrected chi connectivity index (χ3v) is 5.65. The first kappa shape index (κ1) is 14.2. The molecule has 6 nitrogen and oxygen atoms in total. The minimum Gasteiger partial charge on any atom is -0.352 e. The molecule has 120 valence electrons. The number of amides is 1. The zero-order chi connectivity index (χ0) is 15.5. The average Bonchev–Trinajstić information content (AvgIpc) is 3.17. The Hall–Kier alpha value is -1.40. The lowest BCUT2D eigenvalue weighted by atomic mass is 10.0. The standard InChI is InChI=1S/C16H24N4O2/c1-11(2)13-9-22-16-4-5-19(8-12-7-17-10-18(12)3)14(16)6-15(21)20(13)16/h7,10-11,13-14H,4-6,8-9H2,1-3H3/t13-,14+,16-/m0/s1. The number of hydrogen-bond donors (Lipinski definition) is 0. The zero-order valence-corrected chi connectivity index (χ0v) is 13.5. The minimum absolute atomic E-state index is 0.179. The van der Waals surface area contributed by atoms with Gasteiger partial charge in [0.1, 0.15) is 0 Å². The van der Waals surface area contributed by atoms with Gasteiger partial charge in [-0.05, 0) is 5.92 Å². The van der Waals surface area contributed by atoms with E-state index in [4.69, 9.17) is 4.74 Å². The molecule has 4 heterocycles. The van der Waals surface area contributed by atoms with Gasteiger partial charge in [0, 0.05) is 39.2 Å². The second-order valence-corrected chi connectivity index (χ2v) is 7.17. The van der Waals surface area contributed by atoms with Gasteiger partial charge in [-0.3, -0.25) is 9.69 Å². The fourth-order valence-electron chi connectivity index (χ4n) is 4.39. The summed E-state index contributed by atoms with van der Waals surface area (Å²) in [6.07, 6.45) is 5.24. The van der Waals surface area contributed by atoms with Crippen molar-refractivity contribution < 1.29 is 9.53 Å². The van der Waals surface area contributed by atoms with Gasteiger partial charge in [-0.25, -0.2) is 4.98 Å². The number of ether oxygens (including phenoxy) is 1. The SMILES string of the molecule is CC(C)[C@@H]1CO[C@@]23CCN(Cc4cncn4C)[C@@H]2CC(=O)N13. The number of likely N-dealkylation sites (tertiary alicyclic amines) is 1. The van der Waals surface area contributed by atoms with E-state index in [-0.39, 0.29) is 23.7 Å². The average molecular weight is 304 g/mol. The van der Waals surface area contributed by atoms with Crippen LogP contribution in [0.2, 0.25) is 0 Å². The molecule has 1 amide bonds. The van der Waals surface area contributed by atoms with Gasteiger partial charge in [-0.2, -0.15) is 0 Å². The van der Waals surface area contributed by atoms with Gasteiger partial charge in [-0.15, -0.1) is 0 Å². The molecule has 3 saturated heterocycles. The molecule has 3 aliphatic heterocycles. The van der Waals surface area contributed by atoms with Gasteiger partial charge in [0.25, 0.3) is 0 Å². The number of carbonyl (C=O) groups is 1. The van der Waals surface area contributed by atoms with Gasteiger partial charge in [-0.1, -0.05) is 13.8 Å². The quantitative estimate of drug-likeness (QED) is 0.835. The zero-order valence-electron chi connectivity index (χ0n) is 13.5. The highest BCUT2D eigenvalue weighted by molar-refractivity contribution is 5.82. The number of imidazole rings is 1. The van der Waals surface area contributed by atoms with Crippen LogP contribution >= 0.6 is 0 Å². The van der Waals surface area contributed by atoms with E-state index in [0.29, 0.717) is 18.9 Å². The van der Waals surface area contributed by atoms with Crippen LogP contribution in [-0.4, -0.2) is 56.2 Å². The molecule has 3 aliphatic rings. The molecule has 0 aromatic carbocycles. The van der Waals surface area contributed by atoms with Crippen LogP contribution in [0.15, 0.2) is 12.5 Å². The summed E-state index contributed by atoms with van der Waals surface area (Å²) >= 11 is 0. The molecule has 3 atom stereocenters. The lowest BCUT2D eigenvalue weighted by Gasteiger charge is -2.34. The molecule has 0 saturated carbocycles. The smallest absolute Gasteiger partial charge is 0.226 e. The van der Waals surface area contributed by atoms with Gasteiger partial charge in [0.15, 0.2) is 5.72 Å². The van der Waals surface area contributed by atoms with Crippen LogP contribution < -0.4 is 0 Å². The summed E-state index contributed by atoms with van der Waals surface area (Å²) in [5.74, 6) is 0.698. The fraction of sp³-hybridized carbons (Fsp3) is 0.750. The second kappa shape index (κ2) is 4.80. The molecule has 1 aromatic rings. The van der Waals surface area contributed by atoms with Gasteiger partial charge < -0.3 is 14.2 Å². The van der Waals surface area contributed by atoms with Crippen molar-refractivity contribution in [3.63, 3.8) is 0 Å². The molecule has 0 bridgehead atoms. The summed E-state index contributed by atoms with van der Waals surface area (Å²) in [7, 11) is 2.02. The molecule has 6 heteroatoms. The topological polar surface area (TPSA) is 50.6 Å². The van der Waals surface area contributed by atoms with Crippen molar-refractivity contribution >= 4 is 5.91 Å². The normalized spacial score (nSPS) is 34.7. The summed E-state index contributed by atoms with van der Waals surface area (Å²) in [5.41, 5.74) is 0.811. The number of aryl methyl sites for hydroxylation is 1. The Morgan fingerprint density at radius 2 is 2.32 bits per heavy atom. The summed E-state index contributed by atoms with van der Waals surface area (Å²) in [5, 5.41) is 0. The molecule has 3 fully saturated rings. The fourth-order valence-corrected chi connectivity index (χ4v) is 4.39. The summed E-state index contributed by atoms with van der Waals surface area (Å²) < 4.78 is 8.30. The Morgan fingerprint density at radius 3 is 3.00 bits per heavy atom. The van der Waals surface area contributed by atoms with Crippen molar-refractivity contribution in [3.05, 3.63) is 18.2 Å². The van der Waals surface area contributed by atoms with Crippen molar-refractivity contribution in [2.45, 2.75) is 51.0 Å². The summed E-state index contributed by atoms with van der Waals surface area (Å²) in [6, 6.07) is 0.410. The Balaban J connectivity index is 1.60. The minimum atomic E-state index is -0.370. The van der Waals surface area contributed by atoms with Crippen LogP contribution in [0.5, 0.6) is 0 Å². The number of hydrogen-bond acceptors (Lipinski definition) is 4.